The van der Waals surface area contributed by atoms with Gasteiger partial charge in [0.2, 0.25) is 0 Å². The minimum Gasteiger partial charge on any atom is -0.444 e. The van der Waals surface area contributed by atoms with Crippen LogP contribution < -0.4 is 10.6 Å². The summed E-state index contributed by atoms with van der Waals surface area (Å²) >= 11 is 5.97. The van der Waals surface area contributed by atoms with Gasteiger partial charge in [0.05, 0.1) is 0 Å². The monoisotopic (exact) mass is 338 g/mol. The number of hydrogen-bond donors (Lipinski definition) is 2. The number of halogens is 1. The van der Waals surface area contributed by atoms with E-state index in [2.05, 4.69) is 22.8 Å². The van der Waals surface area contributed by atoms with E-state index in [9.17, 15) is 4.79 Å². The maximum Gasteiger partial charge on any atom is 0.407 e. The number of alkyl carbamates (subject to hydrolysis) is 1. The van der Waals surface area contributed by atoms with Crippen molar-refractivity contribution >= 4 is 17.7 Å². The summed E-state index contributed by atoms with van der Waals surface area (Å²) in [5.74, 6) is 0.671. The van der Waals surface area contributed by atoms with Gasteiger partial charge in [0.15, 0.2) is 0 Å². The average molecular weight is 339 g/mol. The predicted octanol–water partition coefficient (Wildman–Crippen LogP) is 4.29. The maximum absolute atomic E-state index is 11.8. The van der Waals surface area contributed by atoms with E-state index in [-0.39, 0.29) is 12.1 Å². The van der Waals surface area contributed by atoms with Gasteiger partial charge in [-0.15, -0.1) is 0 Å². The summed E-state index contributed by atoms with van der Waals surface area (Å²) in [5.41, 5.74) is 0.776. The zero-order valence-corrected chi connectivity index (χ0v) is 15.1. The fourth-order valence-electron chi connectivity index (χ4n) is 2.52. The summed E-state index contributed by atoms with van der Waals surface area (Å²) in [6.07, 6.45) is 2.11. The highest BCUT2D eigenvalue weighted by molar-refractivity contribution is 6.30. The molecule has 0 bridgehead atoms. The van der Waals surface area contributed by atoms with Gasteiger partial charge in [0.1, 0.15) is 5.60 Å². The predicted molar refractivity (Wildman–Crippen MR) is 93.8 cm³/mol. The number of benzene rings is 1. The van der Waals surface area contributed by atoms with Crippen LogP contribution in [0, 0.1) is 5.92 Å². The Hall–Kier alpha value is -1.26. The lowest BCUT2D eigenvalue weighted by molar-refractivity contribution is 0.0507. The summed E-state index contributed by atoms with van der Waals surface area (Å²) in [4.78, 5) is 11.8. The molecule has 2 atom stereocenters. The van der Waals surface area contributed by atoms with Crippen LogP contribution in [-0.2, 0) is 4.74 Å². The minimum atomic E-state index is -0.475. The van der Waals surface area contributed by atoms with E-state index < -0.39 is 5.60 Å². The van der Waals surface area contributed by atoms with E-state index in [0.29, 0.717) is 18.5 Å². The van der Waals surface area contributed by atoms with Gasteiger partial charge in [0.25, 0.3) is 0 Å². The third kappa shape index (κ3) is 6.40. The molecule has 128 valence electrons. The van der Waals surface area contributed by atoms with E-state index in [1.54, 1.807) is 0 Å². The van der Waals surface area contributed by atoms with Gasteiger partial charge in [-0.2, -0.15) is 0 Å². The molecule has 0 saturated heterocycles. The summed E-state index contributed by atoms with van der Waals surface area (Å²) in [5, 5.41) is 7.19. The molecule has 1 aliphatic carbocycles. The average Bonchev–Trinajstić information content (AvgIpc) is 3.23. The van der Waals surface area contributed by atoms with Crippen molar-refractivity contribution in [3.63, 3.8) is 0 Å². The zero-order valence-electron chi connectivity index (χ0n) is 14.4. The molecule has 0 heterocycles. The van der Waals surface area contributed by atoms with Crippen molar-refractivity contribution in [2.45, 2.75) is 58.2 Å². The van der Waals surface area contributed by atoms with Crippen molar-refractivity contribution < 1.29 is 9.53 Å². The van der Waals surface area contributed by atoms with Gasteiger partial charge in [-0.05, 0) is 64.2 Å². The van der Waals surface area contributed by atoms with Crippen LogP contribution in [0.5, 0.6) is 0 Å². The molecule has 5 heteroatoms. The highest BCUT2D eigenvalue weighted by atomic mass is 35.5. The highest BCUT2D eigenvalue weighted by Crippen LogP contribution is 2.41. The number of amides is 1. The van der Waals surface area contributed by atoms with E-state index in [1.807, 2.05) is 39.8 Å². The Balaban J connectivity index is 1.84. The zero-order chi connectivity index (χ0) is 17.0. The first-order valence-electron chi connectivity index (χ1n) is 8.23. The second kappa shape index (κ2) is 7.54. The van der Waals surface area contributed by atoms with Gasteiger partial charge < -0.3 is 15.4 Å². The lowest BCUT2D eigenvalue weighted by Gasteiger charge is -2.24. The molecule has 0 radical (unpaired) electrons. The number of carbonyl (C=O) groups is 1. The molecule has 1 aliphatic rings. The van der Waals surface area contributed by atoms with Crippen molar-refractivity contribution in [3.8, 4) is 0 Å². The fraction of sp³-hybridized carbons (Fsp3) is 0.611. The summed E-state index contributed by atoms with van der Waals surface area (Å²) in [6, 6.07) is 8.31. The standard InChI is InChI=1S/C18H27ClN2O2/c1-12(21-17(22)23-18(2,3)4)11-20-16(13-5-6-13)14-7-9-15(19)10-8-14/h7-10,12-13,16,20H,5-6,11H2,1-4H3,(H,21,22). The molecule has 1 aromatic carbocycles. The lowest BCUT2D eigenvalue weighted by atomic mass is 10.0. The second-order valence-corrected chi connectivity index (χ2v) is 7.76. The summed E-state index contributed by atoms with van der Waals surface area (Å²) in [7, 11) is 0. The summed E-state index contributed by atoms with van der Waals surface area (Å²) in [6.45, 7) is 8.25. The van der Waals surface area contributed by atoms with Crippen molar-refractivity contribution in [1.29, 1.82) is 0 Å². The molecule has 2 unspecified atom stereocenters. The number of hydrogen-bond acceptors (Lipinski definition) is 3. The molecule has 1 fully saturated rings. The van der Waals surface area contributed by atoms with Crippen molar-refractivity contribution in [2.75, 3.05) is 6.54 Å². The lowest BCUT2D eigenvalue weighted by Crippen LogP contribution is -2.43. The Morgan fingerprint density at radius 3 is 2.43 bits per heavy atom. The minimum absolute atomic E-state index is 0.00148. The highest BCUT2D eigenvalue weighted by Gasteiger charge is 2.32. The second-order valence-electron chi connectivity index (χ2n) is 7.32. The van der Waals surface area contributed by atoms with E-state index >= 15 is 0 Å². The first-order valence-corrected chi connectivity index (χ1v) is 8.61. The first kappa shape index (κ1) is 18.1. The van der Waals surface area contributed by atoms with Crippen LogP contribution >= 0.6 is 11.6 Å². The molecule has 1 saturated carbocycles. The molecule has 0 aliphatic heterocycles. The Labute approximate surface area is 143 Å². The molecule has 4 nitrogen and oxygen atoms in total. The van der Waals surface area contributed by atoms with Crippen molar-refractivity contribution in [1.82, 2.24) is 10.6 Å². The Morgan fingerprint density at radius 2 is 1.91 bits per heavy atom. The van der Waals surface area contributed by atoms with Gasteiger partial charge in [-0.25, -0.2) is 4.79 Å². The molecule has 2 N–H and O–H groups in total. The van der Waals surface area contributed by atoms with Gasteiger partial charge in [-0.1, -0.05) is 23.7 Å². The number of ether oxygens (including phenoxy) is 1. The number of rotatable bonds is 6. The molecular weight excluding hydrogens is 312 g/mol. The van der Waals surface area contributed by atoms with Gasteiger partial charge >= 0.3 is 6.09 Å². The van der Waals surface area contributed by atoms with Crippen LogP contribution in [0.2, 0.25) is 5.02 Å². The third-order valence-corrected chi connectivity index (χ3v) is 3.98. The van der Waals surface area contributed by atoms with Crippen LogP contribution in [0.1, 0.15) is 52.1 Å². The Bertz CT molecular complexity index is 521. The van der Waals surface area contributed by atoms with Crippen LogP contribution in [-0.4, -0.2) is 24.3 Å². The van der Waals surface area contributed by atoms with Gasteiger partial charge in [-0.3, -0.25) is 0 Å². The molecule has 1 amide bonds. The summed E-state index contributed by atoms with van der Waals surface area (Å²) < 4.78 is 5.28. The SMILES string of the molecule is CC(CNC(c1ccc(Cl)cc1)C1CC1)NC(=O)OC(C)(C)C. The topological polar surface area (TPSA) is 50.4 Å². The molecule has 1 aromatic rings. The molecule has 0 spiro atoms. The Morgan fingerprint density at radius 1 is 1.30 bits per heavy atom. The largest absolute Gasteiger partial charge is 0.444 e. The normalized spacial score (nSPS) is 17.4. The van der Waals surface area contributed by atoms with Gasteiger partial charge in [0, 0.05) is 23.7 Å². The van der Waals surface area contributed by atoms with E-state index in [4.69, 9.17) is 16.3 Å². The van der Waals surface area contributed by atoms with Crippen LogP contribution in [0.3, 0.4) is 0 Å². The van der Waals surface area contributed by atoms with Crippen LogP contribution in [0.25, 0.3) is 0 Å². The quantitative estimate of drug-likeness (QED) is 0.813. The molecule has 2 rings (SSSR count). The van der Waals surface area contributed by atoms with Crippen molar-refractivity contribution in [2.24, 2.45) is 5.92 Å². The van der Waals surface area contributed by atoms with E-state index in [1.165, 1.54) is 18.4 Å². The molecular formula is C18H27ClN2O2. The smallest absolute Gasteiger partial charge is 0.407 e. The van der Waals surface area contributed by atoms with Crippen molar-refractivity contribution in [3.05, 3.63) is 34.9 Å². The first-order chi connectivity index (χ1) is 10.7. The fourth-order valence-corrected chi connectivity index (χ4v) is 2.65. The number of nitrogens with one attached hydrogen (secondary N) is 2. The van der Waals surface area contributed by atoms with E-state index in [0.717, 1.165) is 5.02 Å². The maximum atomic E-state index is 11.8. The Kier molecular flexibility index (Phi) is 5.93. The van der Waals surface area contributed by atoms with Crippen LogP contribution in [0.4, 0.5) is 4.79 Å². The van der Waals surface area contributed by atoms with Crippen LogP contribution in [0.15, 0.2) is 24.3 Å². The third-order valence-electron chi connectivity index (χ3n) is 3.73. The molecule has 23 heavy (non-hydrogen) atoms. The number of carbonyl (C=O) groups excluding carboxylic acids is 1. The molecule has 0 aromatic heterocycles.